The fourth-order valence-electron chi connectivity index (χ4n) is 2.15. The molecule has 0 radical (unpaired) electrons. The molecule has 7 heteroatoms. The average Bonchev–Trinajstić information content (AvgIpc) is 3.14. The Labute approximate surface area is 155 Å². The normalized spacial score (nSPS) is 10.7. The summed E-state index contributed by atoms with van der Waals surface area (Å²) in [6.45, 7) is 0. The van der Waals surface area contributed by atoms with Gasteiger partial charge in [-0.15, -0.1) is 10.2 Å². The molecule has 0 saturated heterocycles. The lowest BCUT2D eigenvalue weighted by Gasteiger charge is -2.02. The van der Waals surface area contributed by atoms with Gasteiger partial charge in [-0.1, -0.05) is 29.5 Å². The lowest BCUT2D eigenvalue weighted by atomic mass is 10.2. The second kappa shape index (κ2) is 8.26. The molecule has 3 rings (SSSR count). The standard InChI is InChI=1S/C19H17N3O3S/c1-24-15-8-3-13(4-9-15)5-12-17-21-22-19(26-17)20-18(23)14-6-10-16(25-2)11-7-14/h3-12H,1-2H3,(H,20,22,23)/b12-5+. The molecule has 1 amide bonds. The quantitative estimate of drug-likeness (QED) is 0.713. The predicted molar refractivity (Wildman–Crippen MR) is 103 cm³/mol. The summed E-state index contributed by atoms with van der Waals surface area (Å²) in [6, 6.07) is 14.5. The molecule has 0 saturated carbocycles. The van der Waals surface area contributed by atoms with Gasteiger partial charge in [-0.3, -0.25) is 10.1 Å². The molecule has 0 aliphatic rings. The molecular formula is C19H17N3O3S. The Bertz CT molecular complexity index is 903. The van der Waals surface area contributed by atoms with Crippen LogP contribution >= 0.6 is 11.3 Å². The number of hydrogen-bond acceptors (Lipinski definition) is 6. The number of carbonyl (C=O) groups is 1. The van der Waals surface area contributed by atoms with Gasteiger partial charge in [-0.05, 0) is 48.0 Å². The smallest absolute Gasteiger partial charge is 0.257 e. The zero-order valence-electron chi connectivity index (χ0n) is 14.3. The summed E-state index contributed by atoms with van der Waals surface area (Å²) in [5.74, 6) is 1.26. The third kappa shape index (κ3) is 4.46. The van der Waals surface area contributed by atoms with Crippen LogP contribution in [0, 0.1) is 0 Å². The van der Waals surface area contributed by atoms with Crippen molar-refractivity contribution in [2.24, 2.45) is 0 Å². The van der Waals surface area contributed by atoms with Crippen molar-refractivity contribution in [1.29, 1.82) is 0 Å². The molecule has 1 N–H and O–H groups in total. The van der Waals surface area contributed by atoms with Gasteiger partial charge in [-0.25, -0.2) is 0 Å². The Hall–Kier alpha value is -3.19. The molecule has 6 nitrogen and oxygen atoms in total. The first-order valence-electron chi connectivity index (χ1n) is 7.79. The summed E-state index contributed by atoms with van der Waals surface area (Å²) >= 11 is 1.30. The fraction of sp³-hybridized carbons (Fsp3) is 0.105. The van der Waals surface area contributed by atoms with Crippen molar-refractivity contribution < 1.29 is 14.3 Å². The van der Waals surface area contributed by atoms with E-state index in [-0.39, 0.29) is 5.91 Å². The molecule has 3 aromatic rings. The van der Waals surface area contributed by atoms with Crippen LogP contribution in [-0.4, -0.2) is 30.3 Å². The monoisotopic (exact) mass is 367 g/mol. The lowest BCUT2D eigenvalue weighted by Crippen LogP contribution is -2.11. The minimum atomic E-state index is -0.241. The van der Waals surface area contributed by atoms with Crippen LogP contribution in [0.3, 0.4) is 0 Å². The van der Waals surface area contributed by atoms with Crippen LogP contribution in [0.1, 0.15) is 20.9 Å². The molecule has 0 fully saturated rings. The van der Waals surface area contributed by atoms with Crippen LogP contribution in [0.2, 0.25) is 0 Å². The largest absolute Gasteiger partial charge is 0.497 e. The molecule has 0 unspecified atom stereocenters. The Morgan fingerprint density at radius 1 is 0.923 bits per heavy atom. The molecule has 26 heavy (non-hydrogen) atoms. The number of benzene rings is 2. The zero-order chi connectivity index (χ0) is 18.4. The highest BCUT2D eigenvalue weighted by Gasteiger charge is 2.09. The first-order valence-corrected chi connectivity index (χ1v) is 8.60. The van der Waals surface area contributed by atoms with Crippen molar-refractivity contribution in [3.05, 3.63) is 64.7 Å². The van der Waals surface area contributed by atoms with Gasteiger partial charge in [0.05, 0.1) is 14.2 Å². The molecule has 0 bridgehead atoms. The number of nitrogens with zero attached hydrogens (tertiary/aromatic N) is 2. The van der Waals surface area contributed by atoms with Crippen molar-refractivity contribution in [2.75, 3.05) is 19.5 Å². The summed E-state index contributed by atoms with van der Waals surface area (Å²) in [6.07, 6.45) is 3.78. The van der Waals surface area contributed by atoms with E-state index in [0.717, 1.165) is 11.3 Å². The van der Waals surface area contributed by atoms with E-state index in [2.05, 4.69) is 15.5 Å². The molecule has 0 spiro atoms. The van der Waals surface area contributed by atoms with Gasteiger partial charge in [-0.2, -0.15) is 0 Å². The van der Waals surface area contributed by atoms with Gasteiger partial charge in [0.15, 0.2) is 0 Å². The van der Waals surface area contributed by atoms with E-state index < -0.39 is 0 Å². The maximum Gasteiger partial charge on any atom is 0.257 e. The molecule has 2 aromatic carbocycles. The highest BCUT2D eigenvalue weighted by molar-refractivity contribution is 7.16. The van der Waals surface area contributed by atoms with Gasteiger partial charge >= 0.3 is 0 Å². The molecule has 0 aliphatic heterocycles. The summed E-state index contributed by atoms with van der Waals surface area (Å²) in [7, 11) is 3.21. The summed E-state index contributed by atoms with van der Waals surface area (Å²) in [5, 5.41) is 11.9. The SMILES string of the molecule is COc1ccc(/C=C/c2nnc(NC(=O)c3ccc(OC)cc3)s2)cc1. The molecular weight excluding hydrogens is 350 g/mol. The lowest BCUT2D eigenvalue weighted by molar-refractivity contribution is 0.102. The molecule has 1 heterocycles. The Morgan fingerprint density at radius 2 is 1.54 bits per heavy atom. The number of ether oxygens (including phenoxy) is 2. The number of amides is 1. The summed E-state index contributed by atoms with van der Waals surface area (Å²) in [4.78, 5) is 12.2. The molecule has 0 aliphatic carbocycles. The van der Waals surface area contributed by atoms with E-state index in [9.17, 15) is 4.79 Å². The van der Waals surface area contributed by atoms with E-state index >= 15 is 0 Å². The average molecular weight is 367 g/mol. The van der Waals surface area contributed by atoms with Crippen LogP contribution in [-0.2, 0) is 0 Å². The maximum absolute atomic E-state index is 12.2. The number of hydrogen-bond donors (Lipinski definition) is 1. The van der Waals surface area contributed by atoms with Crippen LogP contribution in [0.5, 0.6) is 11.5 Å². The van der Waals surface area contributed by atoms with Crippen molar-refractivity contribution in [2.45, 2.75) is 0 Å². The Kier molecular flexibility index (Phi) is 5.60. The maximum atomic E-state index is 12.2. The zero-order valence-corrected chi connectivity index (χ0v) is 15.1. The minimum absolute atomic E-state index is 0.241. The van der Waals surface area contributed by atoms with Crippen LogP contribution in [0.15, 0.2) is 48.5 Å². The second-order valence-electron chi connectivity index (χ2n) is 5.23. The van der Waals surface area contributed by atoms with E-state index in [0.29, 0.717) is 21.5 Å². The van der Waals surface area contributed by atoms with Gasteiger partial charge < -0.3 is 9.47 Å². The molecule has 1 aromatic heterocycles. The van der Waals surface area contributed by atoms with Crippen molar-refractivity contribution in [3.8, 4) is 11.5 Å². The van der Waals surface area contributed by atoms with Gasteiger partial charge in [0.2, 0.25) is 5.13 Å². The third-order valence-electron chi connectivity index (χ3n) is 3.55. The van der Waals surface area contributed by atoms with Crippen molar-refractivity contribution >= 4 is 34.5 Å². The van der Waals surface area contributed by atoms with Gasteiger partial charge in [0.25, 0.3) is 5.91 Å². The van der Waals surface area contributed by atoms with Crippen molar-refractivity contribution in [1.82, 2.24) is 10.2 Å². The number of anilines is 1. The topological polar surface area (TPSA) is 73.3 Å². The van der Waals surface area contributed by atoms with E-state index in [1.54, 1.807) is 38.5 Å². The minimum Gasteiger partial charge on any atom is -0.497 e. The number of aromatic nitrogens is 2. The van der Waals surface area contributed by atoms with Gasteiger partial charge in [0.1, 0.15) is 16.5 Å². The van der Waals surface area contributed by atoms with Crippen LogP contribution < -0.4 is 14.8 Å². The number of rotatable bonds is 6. The first kappa shape index (κ1) is 17.6. The third-order valence-corrected chi connectivity index (χ3v) is 4.35. The molecule has 0 atom stereocenters. The van der Waals surface area contributed by atoms with Crippen LogP contribution in [0.25, 0.3) is 12.2 Å². The highest BCUT2D eigenvalue weighted by Crippen LogP contribution is 2.20. The van der Waals surface area contributed by atoms with Crippen molar-refractivity contribution in [3.63, 3.8) is 0 Å². The van der Waals surface area contributed by atoms with E-state index in [1.807, 2.05) is 36.4 Å². The van der Waals surface area contributed by atoms with Gasteiger partial charge in [0, 0.05) is 5.56 Å². The fourth-order valence-corrected chi connectivity index (χ4v) is 2.79. The number of methoxy groups -OCH3 is 2. The number of carbonyl (C=O) groups excluding carboxylic acids is 1. The summed E-state index contributed by atoms with van der Waals surface area (Å²) < 4.78 is 10.2. The van der Waals surface area contributed by atoms with E-state index in [4.69, 9.17) is 9.47 Å². The summed E-state index contributed by atoms with van der Waals surface area (Å²) in [5.41, 5.74) is 1.54. The first-order chi connectivity index (χ1) is 12.7. The molecule has 132 valence electrons. The highest BCUT2D eigenvalue weighted by atomic mass is 32.1. The Morgan fingerprint density at radius 3 is 2.15 bits per heavy atom. The van der Waals surface area contributed by atoms with E-state index in [1.165, 1.54) is 11.3 Å². The number of nitrogens with one attached hydrogen (secondary N) is 1. The second-order valence-corrected chi connectivity index (χ2v) is 6.24. The predicted octanol–water partition coefficient (Wildman–Crippen LogP) is 3.98. The Balaban J connectivity index is 1.63. The van der Waals surface area contributed by atoms with Crippen LogP contribution in [0.4, 0.5) is 5.13 Å².